The molecule has 0 spiro atoms. The van der Waals surface area contributed by atoms with Gasteiger partial charge >= 0.3 is 0 Å². The zero-order valence-corrected chi connectivity index (χ0v) is 22.5. The van der Waals surface area contributed by atoms with Crippen LogP contribution < -0.4 is 21.5 Å². The molecule has 4 aromatic rings. The first kappa shape index (κ1) is 25.8. The summed E-state index contributed by atoms with van der Waals surface area (Å²) in [5.41, 5.74) is 0.125. The van der Waals surface area contributed by atoms with E-state index in [1.165, 1.54) is 0 Å². The number of thiol groups is 1. The summed E-state index contributed by atoms with van der Waals surface area (Å²) in [6.07, 6.45) is 0. The van der Waals surface area contributed by atoms with E-state index in [1.54, 1.807) is 66.7 Å². The minimum absolute atomic E-state index is 0.0251. The lowest BCUT2D eigenvalue weighted by Crippen LogP contribution is -2.33. The molecule has 0 saturated carbocycles. The number of hydrogen-bond donors (Lipinski definition) is 4. The predicted octanol–water partition coefficient (Wildman–Crippen LogP) is 4.29. The maximum atomic E-state index is 14.0. The monoisotopic (exact) mass is 568 g/mol. The van der Waals surface area contributed by atoms with Gasteiger partial charge in [-0.05, 0) is 48.2 Å². The molecule has 0 aromatic heterocycles. The molecule has 0 bridgehead atoms. The minimum atomic E-state index is -4.90. The van der Waals surface area contributed by atoms with Crippen LogP contribution in [0.1, 0.15) is 11.1 Å². The van der Waals surface area contributed by atoms with Crippen molar-refractivity contribution in [2.24, 2.45) is 0 Å². The van der Waals surface area contributed by atoms with Crippen molar-refractivity contribution < 1.29 is 18.1 Å². The van der Waals surface area contributed by atoms with Crippen LogP contribution in [0.25, 0.3) is 27.4 Å². The first-order valence-electron chi connectivity index (χ1n) is 12.1. The SMILES string of the molecule is Cc1cccc(Nc2cc(S(=O)(=O)O)c3nc(=O)/c(=C(\O)c4cccc(S)c4)c4c5ccccc5c(=O)c2c3=4)c1. The standard InChI is InChI=1S/C30H20N2O6S2/c1-15-6-4-8-17(12-15)31-21-14-22(40(36,37)38)27-25-23(19-10-2-3-11-20(19)29(34)24(21)25)26(30(35)32-27)28(33)16-7-5-9-18(39)13-16/h2-14,31,33,39H,1H3,(H,36,37,38)/b28-26-. The summed E-state index contributed by atoms with van der Waals surface area (Å²) in [6, 6.07) is 21.4. The third kappa shape index (κ3) is 4.13. The molecule has 0 unspecified atom stereocenters. The van der Waals surface area contributed by atoms with Gasteiger partial charge in [-0.15, -0.1) is 12.6 Å². The van der Waals surface area contributed by atoms with Gasteiger partial charge in [0.1, 0.15) is 10.7 Å². The highest BCUT2D eigenvalue weighted by Gasteiger charge is 2.25. The zero-order valence-electron chi connectivity index (χ0n) is 20.8. The molecular weight excluding hydrogens is 548 g/mol. The largest absolute Gasteiger partial charge is 0.506 e. The van der Waals surface area contributed by atoms with Crippen LogP contribution in [-0.4, -0.2) is 23.1 Å². The highest BCUT2D eigenvalue weighted by atomic mass is 32.2. The fourth-order valence-electron chi connectivity index (χ4n) is 5.12. The number of benzene rings is 4. The third-order valence-corrected chi connectivity index (χ3v) is 7.94. The average molecular weight is 569 g/mol. The molecule has 0 fully saturated rings. The van der Waals surface area contributed by atoms with Gasteiger partial charge in [0.2, 0.25) is 0 Å². The second-order valence-electron chi connectivity index (χ2n) is 9.43. The van der Waals surface area contributed by atoms with Crippen molar-refractivity contribution in [3.63, 3.8) is 0 Å². The van der Waals surface area contributed by atoms with Crippen molar-refractivity contribution in [2.45, 2.75) is 16.7 Å². The van der Waals surface area contributed by atoms with E-state index in [4.69, 9.17) is 0 Å². The van der Waals surface area contributed by atoms with Crippen molar-refractivity contribution >= 4 is 61.6 Å². The smallest absolute Gasteiger partial charge is 0.296 e. The Balaban J connectivity index is 1.96. The molecule has 2 aliphatic rings. The van der Waals surface area contributed by atoms with Gasteiger partial charge in [-0.1, -0.05) is 48.5 Å². The molecule has 0 atom stereocenters. The normalized spacial score (nSPS) is 12.8. The Labute approximate surface area is 232 Å². The van der Waals surface area contributed by atoms with Crippen LogP contribution in [0.5, 0.6) is 0 Å². The number of nitrogens with zero attached hydrogens (tertiary/aromatic N) is 1. The van der Waals surface area contributed by atoms with Crippen molar-refractivity contribution in [1.29, 1.82) is 0 Å². The second kappa shape index (κ2) is 9.30. The summed E-state index contributed by atoms with van der Waals surface area (Å²) in [5.74, 6) is -0.411. The van der Waals surface area contributed by atoms with Gasteiger partial charge in [0.05, 0.1) is 21.8 Å². The molecule has 1 heterocycles. The van der Waals surface area contributed by atoms with Crippen LogP contribution in [0.3, 0.4) is 0 Å². The summed E-state index contributed by atoms with van der Waals surface area (Å²) < 4.78 is 35.4. The molecular formula is C30H20N2O6S2. The number of rotatable bonds is 4. The predicted molar refractivity (Wildman–Crippen MR) is 157 cm³/mol. The maximum Gasteiger partial charge on any atom is 0.296 e. The molecule has 1 aliphatic carbocycles. The van der Waals surface area contributed by atoms with Gasteiger partial charge in [0, 0.05) is 32.0 Å². The number of aliphatic hydroxyl groups is 1. The van der Waals surface area contributed by atoms with E-state index in [0.29, 0.717) is 16.0 Å². The minimum Gasteiger partial charge on any atom is -0.506 e. The summed E-state index contributed by atoms with van der Waals surface area (Å²) in [6.45, 7) is 1.88. The van der Waals surface area contributed by atoms with E-state index in [-0.39, 0.29) is 43.2 Å². The van der Waals surface area contributed by atoms with Crippen LogP contribution in [0.2, 0.25) is 0 Å². The Hall–Kier alpha value is -4.51. The van der Waals surface area contributed by atoms with Crippen molar-refractivity contribution in [2.75, 3.05) is 5.32 Å². The quantitative estimate of drug-likeness (QED) is 0.183. The molecule has 6 rings (SSSR count). The lowest BCUT2D eigenvalue weighted by atomic mass is 9.96. The summed E-state index contributed by atoms with van der Waals surface area (Å²) in [4.78, 5) is 31.4. The lowest BCUT2D eigenvalue weighted by Gasteiger charge is -2.15. The van der Waals surface area contributed by atoms with Crippen molar-refractivity contribution in [3.8, 4) is 0 Å². The van der Waals surface area contributed by atoms with Crippen LogP contribution in [-0.2, 0) is 10.1 Å². The summed E-state index contributed by atoms with van der Waals surface area (Å²) >= 11 is 4.33. The number of anilines is 2. The first-order valence-corrected chi connectivity index (χ1v) is 14.0. The lowest BCUT2D eigenvalue weighted by molar-refractivity contribution is 0.484. The zero-order chi connectivity index (χ0) is 28.3. The molecule has 3 N–H and O–H groups in total. The maximum absolute atomic E-state index is 14.0. The highest BCUT2D eigenvalue weighted by molar-refractivity contribution is 7.86. The summed E-state index contributed by atoms with van der Waals surface area (Å²) in [7, 11) is -4.90. The molecule has 0 amide bonds. The van der Waals surface area contributed by atoms with E-state index in [2.05, 4.69) is 22.9 Å². The van der Waals surface area contributed by atoms with Gasteiger partial charge < -0.3 is 10.4 Å². The van der Waals surface area contributed by atoms with Gasteiger partial charge in [0.15, 0.2) is 5.43 Å². The van der Waals surface area contributed by atoms with Gasteiger partial charge in [-0.3, -0.25) is 14.1 Å². The number of aliphatic hydroxyl groups excluding tert-OH is 1. The Kier molecular flexibility index (Phi) is 5.99. The van der Waals surface area contributed by atoms with Crippen LogP contribution in [0.15, 0.2) is 98.2 Å². The molecule has 10 heteroatoms. The number of aryl methyl sites for hydroxylation is 1. The first-order chi connectivity index (χ1) is 19.0. The van der Waals surface area contributed by atoms with Gasteiger partial charge in [0.25, 0.3) is 15.7 Å². The molecule has 0 radical (unpaired) electrons. The van der Waals surface area contributed by atoms with Gasteiger partial charge in [-0.25, -0.2) is 4.98 Å². The topological polar surface area (TPSA) is 134 Å². The third-order valence-electron chi connectivity index (χ3n) is 6.79. The van der Waals surface area contributed by atoms with E-state index in [9.17, 15) is 27.7 Å². The Morgan fingerprint density at radius 1 is 0.900 bits per heavy atom. The fourth-order valence-corrected chi connectivity index (χ4v) is 6.01. The number of aromatic nitrogens is 1. The van der Waals surface area contributed by atoms with E-state index >= 15 is 0 Å². The Morgan fingerprint density at radius 3 is 2.33 bits per heavy atom. The highest BCUT2D eigenvalue weighted by Crippen LogP contribution is 2.31. The van der Waals surface area contributed by atoms with Crippen LogP contribution >= 0.6 is 12.6 Å². The number of hydrogen-bond acceptors (Lipinski definition) is 8. The molecule has 1 aliphatic heterocycles. The van der Waals surface area contributed by atoms with E-state index in [0.717, 1.165) is 11.6 Å². The molecule has 8 nitrogen and oxygen atoms in total. The van der Waals surface area contributed by atoms with Crippen molar-refractivity contribution in [3.05, 3.63) is 126 Å². The van der Waals surface area contributed by atoms with Crippen LogP contribution in [0, 0.1) is 17.4 Å². The van der Waals surface area contributed by atoms with E-state index < -0.39 is 31.8 Å². The molecule has 198 valence electrons. The molecule has 4 aromatic carbocycles. The van der Waals surface area contributed by atoms with Gasteiger partial charge in [-0.2, -0.15) is 8.42 Å². The Bertz CT molecular complexity index is 2360. The summed E-state index contributed by atoms with van der Waals surface area (Å²) in [5, 5.41) is 15.1. The number of fused-ring (bicyclic) bond motifs is 2. The average Bonchev–Trinajstić information content (AvgIpc) is 2.90. The van der Waals surface area contributed by atoms with Crippen molar-refractivity contribution in [1.82, 2.24) is 4.98 Å². The van der Waals surface area contributed by atoms with E-state index in [1.807, 2.05) is 13.0 Å². The fraction of sp³-hybridized carbons (Fsp3) is 0.0333. The van der Waals surface area contributed by atoms with Crippen LogP contribution in [0.4, 0.5) is 11.4 Å². The molecule has 0 saturated heterocycles. The molecule has 40 heavy (non-hydrogen) atoms. The number of nitrogens with one attached hydrogen (secondary N) is 1. The second-order valence-corrected chi connectivity index (χ2v) is 11.3. The Morgan fingerprint density at radius 2 is 1.62 bits per heavy atom.